The number of aryl methyl sites for hydroxylation is 3. The van der Waals surface area contributed by atoms with E-state index in [1.165, 1.54) is 0 Å². The van der Waals surface area contributed by atoms with Crippen molar-refractivity contribution in [2.75, 3.05) is 10.7 Å². The maximum Gasteiger partial charge on any atom is 0.145 e. The molecule has 19 heavy (non-hydrogen) atoms. The molecule has 2 rings (SSSR count). The minimum Gasteiger partial charge on any atom is -0.366 e. The standard InChI is InChI=1S/C12H18N6O/c1-4-10-15-11(5-12(16-10)17-13)14-6-9-7(2)18-19-8(9)3/h5H,4,6,13H2,1-3H3,(H2,14,15,16,17). The molecular weight excluding hydrogens is 244 g/mol. The Hall–Kier alpha value is -2.15. The molecule has 2 aromatic rings. The number of hydrogen-bond donors (Lipinski definition) is 3. The summed E-state index contributed by atoms with van der Waals surface area (Å²) in [5.41, 5.74) is 4.46. The Morgan fingerprint density at radius 2 is 2.00 bits per heavy atom. The topological polar surface area (TPSA) is 102 Å². The van der Waals surface area contributed by atoms with Gasteiger partial charge in [0.1, 0.15) is 23.2 Å². The lowest BCUT2D eigenvalue weighted by atomic mass is 10.2. The van der Waals surface area contributed by atoms with Gasteiger partial charge in [0.05, 0.1) is 5.69 Å². The van der Waals surface area contributed by atoms with Crippen LogP contribution in [0.2, 0.25) is 0 Å². The molecule has 102 valence electrons. The van der Waals surface area contributed by atoms with Crippen molar-refractivity contribution in [3.8, 4) is 0 Å². The second-order valence-corrected chi connectivity index (χ2v) is 4.21. The number of nitrogens with two attached hydrogens (primary N) is 1. The first-order valence-corrected chi connectivity index (χ1v) is 6.14. The van der Waals surface area contributed by atoms with E-state index < -0.39 is 0 Å². The Morgan fingerprint density at radius 1 is 1.26 bits per heavy atom. The summed E-state index contributed by atoms with van der Waals surface area (Å²) in [5.74, 6) is 8.25. The van der Waals surface area contributed by atoms with Crippen LogP contribution in [0.3, 0.4) is 0 Å². The minimum absolute atomic E-state index is 0.591. The van der Waals surface area contributed by atoms with Crippen LogP contribution in [0, 0.1) is 13.8 Å². The van der Waals surface area contributed by atoms with Crippen molar-refractivity contribution in [2.45, 2.75) is 33.7 Å². The van der Waals surface area contributed by atoms with Crippen LogP contribution in [0.4, 0.5) is 11.6 Å². The lowest BCUT2D eigenvalue weighted by Crippen LogP contribution is -2.12. The van der Waals surface area contributed by atoms with Crippen LogP contribution >= 0.6 is 0 Å². The van der Waals surface area contributed by atoms with Gasteiger partial charge in [-0.25, -0.2) is 15.8 Å². The largest absolute Gasteiger partial charge is 0.366 e. The smallest absolute Gasteiger partial charge is 0.145 e. The molecule has 0 aromatic carbocycles. The third-order valence-corrected chi connectivity index (χ3v) is 2.86. The summed E-state index contributed by atoms with van der Waals surface area (Å²) in [7, 11) is 0. The van der Waals surface area contributed by atoms with Crippen LogP contribution in [-0.2, 0) is 13.0 Å². The third-order valence-electron chi connectivity index (χ3n) is 2.86. The maximum atomic E-state index is 5.39. The number of anilines is 2. The average Bonchev–Trinajstić information content (AvgIpc) is 2.75. The zero-order valence-electron chi connectivity index (χ0n) is 11.3. The van der Waals surface area contributed by atoms with Crippen molar-refractivity contribution in [3.05, 3.63) is 28.9 Å². The van der Waals surface area contributed by atoms with Gasteiger partial charge in [-0.1, -0.05) is 12.1 Å². The molecule has 0 radical (unpaired) electrons. The van der Waals surface area contributed by atoms with E-state index in [2.05, 4.69) is 25.9 Å². The summed E-state index contributed by atoms with van der Waals surface area (Å²) in [5, 5.41) is 7.15. The van der Waals surface area contributed by atoms with E-state index in [4.69, 9.17) is 10.4 Å². The van der Waals surface area contributed by atoms with E-state index in [0.717, 1.165) is 35.1 Å². The highest BCUT2D eigenvalue weighted by Crippen LogP contribution is 2.16. The Labute approximate surface area is 111 Å². The molecule has 0 saturated heterocycles. The third kappa shape index (κ3) is 3.00. The number of nitrogen functional groups attached to an aromatic ring is 1. The van der Waals surface area contributed by atoms with Crippen LogP contribution in [-0.4, -0.2) is 15.1 Å². The van der Waals surface area contributed by atoms with Gasteiger partial charge in [-0.3, -0.25) is 0 Å². The monoisotopic (exact) mass is 262 g/mol. The van der Waals surface area contributed by atoms with Crippen LogP contribution in [0.1, 0.15) is 29.8 Å². The highest BCUT2D eigenvalue weighted by Gasteiger charge is 2.09. The van der Waals surface area contributed by atoms with Gasteiger partial charge in [-0.15, -0.1) is 0 Å². The van der Waals surface area contributed by atoms with Crippen molar-refractivity contribution in [1.82, 2.24) is 15.1 Å². The molecule has 0 amide bonds. The Kier molecular flexibility index (Phi) is 3.96. The number of nitrogens with zero attached hydrogens (tertiary/aromatic N) is 3. The molecule has 2 aromatic heterocycles. The Balaban J connectivity index is 2.15. The second kappa shape index (κ2) is 5.66. The summed E-state index contributed by atoms with van der Waals surface area (Å²) in [4.78, 5) is 8.62. The fourth-order valence-electron chi connectivity index (χ4n) is 1.75. The first-order chi connectivity index (χ1) is 9.13. The van der Waals surface area contributed by atoms with Gasteiger partial charge in [-0.2, -0.15) is 0 Å². The van der Waals surface area contributed by atoms with Gasteiger partial charge in [0.15, 0.2) is 0 Å². The van der Waals surface area contributed by atoms with Crippen molar-refractivity contribution in [2.24, 2.45) is 5.84 Å². The molecule has 0 spiro atoms. The van der Waals surface area contributed by atoms with E-state index in [-0.39, 0.29) is 0 Å². The number of rotatable bonds is 5. The van der Waals surface area contributed by atoms with Gasteiger partial charge in [0.2, 0.25) is 0 Å². The number of hydrazine groups is 1. The van der Waals surface area contributed by atoms with Gasteiger partial charge >= 0.3 is 0 Å². The first-order valence-electron chi connectivity index (χ1n) is 6.14. The van der Waals surface area contributed by atoms with Gasteiger partial charge in [0, 0.05) is 24.6 Å². The van der Waals surface area contributed by atoms with E-state index >= 15 is 0 Å². The molecule has 0 bridgehead atoms. The van der Waals surface area contributed by atoms with Crippen LogP contribution in [0.15, 0.2) is 10.6 Å². The van der Waals surface area contributed by atoms with Gasteiger partial charge < -0.3 is 15.3 Å². The summed E-state index contributed by atoms with van der Waals surface area (Å²) in [6, 6.07) is 1.76. The van der Waals surface area contributed by atoms with E-state index in [0.29, 0.717) is 12.4 Å². The first kappa shape index (κ1) is 13.3. The number of nitrogens with one attached hydrogen (secondary N) is 2. The molecule has 4 N–H and O–H groups in total. The lowest BCUT2D eigenvalue weighted by molar-refractivity contribution is 0.392. The normalized spacial score (nSPS) is 10.5. The minimum atomic E-state index is 0.591. The Bertz CT molecular complexity index is 524. The lowest BCUT2D eigenvalue weighted by Gasteiger charge is -2.08. The quantitative estimate of drug-likeness (QED) is 0.555. The van der Waals surface area contributed by atoms with Crippen molar-refractivity contribution in [3.63, 3.8) is 0 Å². The van der Waals surface area contributed by atoms with Crippen LogP contribution in [0.25, 0.3) is 0 Å². The zero-order valence-corrected chi connectivity index (χ0v) is 11.3. The van der Waals surface area contributed by atoms with Gasteiger partial charge in [-0.05, 0) is 13.8 Å². The second-order valence-electron chi connectivity index (χ2n) is 4.21. The van der Waals surface area contributed by atoms with Crippen LogP contribution < -0.4 is 16.6 Å². The average molecular weight is 262 g/mol. The van der Waals surface area contributed by atoms with Crippen molar-refractivity contribution in [1.29, 1.82) is 0 Å². The molecule has 2 heterocycles. The summed E-state index contributed by atoms with van der Waals surface area (Å²) in [6.45, 7) is 6.40. The highest BCUT2D eigenvalue weighted by molar-refractivity contribution is 5.47. The summed E-state index contributed by atoms with van der Waals surface area (Å²) in [6.07, 6.45) is 0.746. The molecule has 0 aliphatic rings. The number of hydrogen-bond acceptors (Lipinski definition) is 7. The van der Waals surface area contributed by atoms with Crippen molar-refractivity contribution >= 4 is 11.6 Å². The molecule has 0 saturated carbocycles. The number of aromatic nitrogens is 3. The maximum absolute atomic E-state index is 5.39. The molecule has 0 unspecified atom stereocenters. The Morgan fingerprint density at radius 3 is 2.58 bits per heavy atom. The molecule has 0 fully saturated rings. The summed E-state index contributed by atoms with van der Waals surface area (Å²) < 4.78 is 5.12. The molecule has 0 atom stereocenters. The fraction of sp³-hybridized carbons (Fsp3) is 0.417. The fourth-order valence-corrected chi connectivity index (χ4v) is 1.75. The summed E-state index contributed by atoms with van der Waals surface area (Å²) >= 11 is 0. The molecule has 0 aliphatic heterocycles. The van der Waals surface area contributed by atoms with Gasteiger partial charge in [0.25, 0.3) is 0 Å². The molecule has 0 aliphatic carbocycles. The van der Waals surface area contributed by atoms with Crippen molar-refractivity contribution < 1.29 is 4.52 Å². The molecular formula is C12H18N6O. The van der Waals surface area contributed by atoms with E-state index in [1.54, 1.807) is 6.07 Å². The van der Waals surface area contributed by atoms with E-state index in [1.807, 2.05) is 20.8 Å². The molecule has 7 heteroatoms. The van der Waals surface area contributed by atoms with Crippen LogP contribution in [0.5, 0.6) is 0 Å². The zero-order chi connectivity index (χ0) is 13.8. The predicted octanol–water partition coefficient (Wildman–Crippen LogP) is 1.54. The molecule has 7 nitrogen and oxygen atoms in total. The SMILES string of the molecule is CCc1nc(NN)cc(NCc2c(C)noc2C)n1. The highest BCUT2D eigenvalue weighted by atomic mass is 16.5. The predicted molar refractivity (Wildman–Crippen MR) is 72.5 cm³/mol. The van der Waals surface area contributed by atoms with E-state index in [9.17, 15) is 0 Å².